The fourth-order valence-corrected chi connectivity index (χ4v) is 3.55. The zero-order valence-electron chi connectivity index (χ0n) is 15.5. The van der Waals surface area contributed by atoms with E-state index in [1.165, 1.54) is 29.1 Å². The molecule has 1 aromatic carbocycles. The van der Waals surface area contributed by atoms with Crippen molar-refractivity contribution >= 4 is 17.5 Å². The minimum absolute atomic E-state index is 0.114. The predicted molar refractivity (Wildman–Crippen MR) is 96.5 cm³/mol. The molecule has 1 fully saturated rings. The molecule has 2 aliphatic rings. The van der Waals surface area contributed by atoms with Gasteiger partial charge in [0.1, 0.15) is 17.6 Å². The Bertz CT molecular complexity index is 1030. The van der Waals surface area contributed by atoms with E-state index >= 15 is 0 Å². The maximum Gasteiger partial charge on any atom is 0.416 e. The molecule has 2 atom stereocenters. The van der Waals surface area contributed by atoms with Crippen LogP contribution in [0.25, 0.3) is 0 Å². The molecule has 4 rings (SSSR count). The maximum atomic E-state index is 13.7. The van der Waals surface area contributed by atoms with Gasteiger partial charge < -0.3 is 4.74 Å². The number of fused-ring (bicyclic) bond motifs is 1. The molecule has 2 unspecified atom stereocenters. The standard InChI is InChI=1S/C20H17F3N4O2/c1-11-16(19(28)29-10-12-6-7-12)17(27-18(26-11)13(8-24)9-25-27)14-4-2-3-5-15(14)20(21,22)23/h2-5,9,12,16-17H,6-7,10H2,1H3. The zero-order chi connectivity index (χ0) is 20.8. The Kier molecular flexibility index (Phi) is 4.65. The molecule has 1 aromatic heterocycles. The smallest absolute Gasteiger partial charge is 0.416 e. The quantitative estimate of drug-likeness (QED) is 0.723. The van der Waals surface area contributed by atoms with E-state index in [9.17, 15) is 23.2 Å². The third-order valence-corrected chi connectivity index (χ3v) is 5.20. The molecule has 0 amide bonds. The van der Waals surface area contributed by atoms with Gasteiger partial charge in [0, 0.05) is 5.71 Å². The number of alkyl halides is 3. The Morgan fingerprint density at radius 3 is 2.72 bits per heavy atom. The van der Waals surface area contributed by atoms with Gasteiger partial charge in [-0.05, 0) is 37.3 Å². The number of nitrogens with zero attached hydrogens (tertiary/aromatic N) is 4. The van der Waals surface area contributed by atoms with E-state index in [1.807, 2.05) is 6.07 Å². The zero-order valence-corrected chi connectivity index (χ0v) is 15.5. The Balaban J connectivity index is 1.85. The van der Waals surface area contributed by atoms with Gasteiger partial charge in [0.15, 0.2) is 5.82 Å². The van der Waals surface area contributed by atoms with Gasteiger partial charge in [-0.15, -0.1) is 0 Å². The van der Waals surface area contributed by atoms with Crippen LogP contribution in [0.2, 0.25) is 0 Å². The molecule has 9 heteroatoms. The van der Waals surface area contributed by atoms with Crippen LogP contribution in [0.15, 0.2) is 35.5 Å². The number of ether oxygens (including phenoxy) is 1. The molecular formula is C20H17F3N4O2. The first-order chi connectivity index (χ1) is 13.8. The fraction of sp³-hybridized carbons (Fsp3) is 0.400. The number of hydrogen-bond acceptors (Lipinski definition) is 5. The van der Waals surface area contributed by atoms with Gasteiger partial charge in [-0.1, -0.05) is 18.2 Å². The number of aliphatic imine (C=N–C) groups is 1. The summed E-state index contributed by atoms with van der Waals surface area (Å²) in [6.45, 7) is 1.80. The lowest BCUT2D eigenvalue weighted by atomic mass is 9.85. The van der Waals surface area contributed by atoms with E-state index in [4.69, 9.17) is 4.74 Å². The van der Waals surface area contributed by atoms with E-state index < -0.39 is 29.7 Å². The first-order valence-corrected chi connectivity index (χ1v) is 9.16. The molecule has 0 saturated heterocycles. The van der Waals surface area contributed by atoms with Crippen molar-refractivity contribution in [2.75, 3.05) is 6.61 Å². The van der Waals surface area contributed by atoms with Gasteiger partial charge in [0.05, 0.1) is 24.4 Å². The molecule has 1 aliphatic heterocycles. The molecule has 2 aromatic rings. The number of rotatable bonds is 4. The van der Waals surface area contributed by atoms with Gasteiger partial charge in [-0.2, -0.15) is 23.5 Å². The summed E-state index contributed by atoms with van der Waals surface area (Å²) in [6, 6.07) is 5.89. The topological polar surface area (TPSA) is 80.3 Å². The first-order valence-electron chi connectivity index (χ1n) is 9.16. The third-order valence-electron chi connectivity index (χ3n) is 5.20. The number of carbonyl (C=O) groups is 1. The van der Waals surface area contributed by atoms with Crippen molar-refractivity contribution in [2.45, 2.75) is 32.0 Å². The van der Waals surface area contributed by atoms with Crippen molar-refractivity contribution in [2.24, 2.45) is 16.8 Å². The molecule has 2 heterocycles. The number of aromatic nitrogens is 2. The van der Waals surface area contributed by atoms with Gasteiger partial charge in [0.2, 0.25) is 0 Å². The monoisotopic (exact) mass is 402 g/mol. The summed E-state index contributed by atoms with van der Waals surface area (Å²) in [6.07, 6.45) is -1.43. The SMILES string of the molecule is CC1=Nc2c(C#N)cnn2C(c2ccccc2C(F)(F)F)C1C(=O)OCC1CC1. The van der Waals surface area contributed by atoms with Gasteiger partial charge >= 0.3 is 12.1 Å². The highest BCUT2D eigenvalue weighted by Crippen LogP contribution is 2.43. The van der Waals surface area contributed by atoms with E-state index in [1.54, 1.807) is 6.92 Å². The molecule has 150 valence electrons. The minimum Gasteiger partial charge on any atom is -0.465 e. The molecule has 1 saturated carbocycles. The Morgan fingerprint density at radius 1 is 1.34 bits per heavy atom. The van der Waals surface area contributed by atoms with E-state index in [0.717, 1.165) is 18.9 Å². The highest BCUT2D eigenvalue weighted by Gasteiger charge is 2.44. The second-order valence-electron chi connectivity index (χ2n) is 7.27. The summed E-state index contributed by atoms with van der Waals surface area (Å²) in [5.41, 5.74) is -0.558. The van der Waals surface area contributed by atoms with Crippen LogP contribution < -0.4 is 0 Å². The van der Waals surface area contributed by atoms with Crippen molar-refractivity contribution in [1.82, 2.24) is 9.78 Å². The van der Waals surface area contributed by atoms with Gasteiger partial charge in [0.25, 0.3) is 0 Å². The molecular weight excluding hydrogens is 385 g/mol. The van der Waals surface area contributed by atoms with Gasteiger partial charge in [-0.3, -0.25) is 4.79 Å². The molecule has 1 aliphatic carbocycles. The average molecular weight is 402 g/mol. The summed E-state index contributed by atoms with van der Waals surface area (Å²) in [5, 5.41) is 13.4. The molecule has 29 heavy (non-hydrogen) atoms. The number of esters is 1. The first kappa shape index (κ1) is 19.2. The highest BCUT2D eigenvalue weighted by atomic mass is 19.4. The van der Waals surface area contributed by atoms with Crippen LogP contribution in [0, 0.1) is 23.2 Å². The Hall–Kier alpha value is -3.15. The van der Waals surface area contributed by atoms with Crippen LogP contribution in [0.5, 0.6) is 0 Å². The van der Waals surface area contributed by atoms with E-state index in [2.05, 4.69) is 10.1 Å². The lowest BCUT2D eigenvalue weighted by molar-refractivity contribution is -0.148. The van der Waals surface area contributed by atoms with Crippen LogP contribution in [0.4, 0.5) is 19.0 Å². The number of halogens is 3. The lowest BCUT2D eigenvalue weighted by Gasteiger charge is -2.32. The lowest BCUT2D eigenvalue weighted by Crippen LogP contribution is -2.38. The summed E-state index contributed by atoms with van der Waals surface area (Å²) in [7, 11) is 0. The summed E-state index contributed by atoms with van der Waals surface area (Å²) in [5.74, 6) is -1.26. The predicted octanol–water partition coefficient (Wildman–Crippen LogP) is 4.04. The second kappa shape index (κ2) is 7.03. The Labute approximate surface area is 164 Å². The highest BCUT2D eigenvalue weighted by molar-refractivity contribution is 6.04. The van der Waals surface area contributed by atoms with Crippen molar-refractivity contribution in [3.63, 3.8) is 0 Å². The number of benzene rings is 1. The summed E-state index contributed by atoms with van der Waals surface area (Å²) >= 11 is 0. The van der Waals surface area contributed by atoms with E-state index in [0.29, 0.717) is 5.92 Å². The van der Waals surface area contributed by atoms with Crippen molar-refractivity contribution in [3.05, 3.63) is 47.2 Å². The molecule has 0 N–H and O–H groups in total. The third kappa shape index (κ3) is 3.50. The Morgan fingerprint density at radius 2 is 2.07 bits per heavy atom. The summed E-state index contributed by atoms with van der Waals surface area (Å²) < 4.78 is 47.7. The molecule has 6 nitrogen and oxygen atoms in total. The van der Waals surface area contributed by atoms with Crippen LogP contribution in [-0.2, 0) is 15.7 Å². The fourth-order valence-electron chi connectivity index (χ4n) is 3.55. The number of hydrogen-bond donors (Lipinski definition) is 0. The van der Waals surface area contributed by atoms with Crippen LogP contribution in [-0.4, -0.2) is 28.1 Å². The number of carbonyl (C=O) groups excluding carboxylic acids is 1. The van der Waals surface area contributed by atoms with Crippen LogP contribution >= 0.6 is 0 Å². The van der Waals surface area contributed by atoms with Crippen molar-refractivity contribution < 1.29 is 22.7 Å². The molecule has 0 spiro atoms. The van der Waals surface area contributed by atoms with Gasteiger partial charge in [-0.25, -0.2) is 9.67 Å². The second-order valence-corrected chi connectivity index (χ2v) is 7.27. The maximum absolute atomic E-state index is 13.7. The normalized spacial score (nSPS) is 21.1. The molecule has 0 bridgehead atoms. The average Bonchev–Trinajstić information content (AvgIpc) is 3.43. The van der Waals surface area contributed by atoms with Crippen LogP contribution in [0.1, 0.15) is 42.5 Å². The van der Waals surface area contributed by atoms with E-state index in [-0.39, 0.29) is 29.3 Å². The molecule has 0 radical (unpaired) electrons. The minimum atomic E-state index is -4.62. The van der Waals surface area contributed by atoms with Crippen molar-refractivity contribution in [3.8, 4) is 6.07 Å². The largest absolute Gasteiger partial charge is 0.465 e. The van der Waals surface area contributed by atoms with Crippen LogP contribution in [0.3, 0.4) is 0 Å². The summed E-state index contributed by atoms with van der Waals surface area (Å²) in [4.78, 5) is 17.2. The van der Waals surface area contributed by atoms with Crippen molar-refractivity contribution in [1.29, 1.82) is 5.26 Å². The number of nitriles is 1.